The van der Waals surface area contributed by atoms with Crippen molar-refractivity contribution in [2.75, 3.05) is 6.61 Å². The third-order valence-electron chi connectivity index (χ3n) is 1.45. The van der Waals surface area contributed by atoms with E-state index in [4.69, 9.17) is 0 Å². The van der Waals surface area contributed by atoms with Crippen molar-refractivity contribution in [3.63, 3.8) is 0 Å². The molecule has 0 spiro atoms. The highest BCUT2D eigenvalue weighted by Gasteiger charge is 2.22. The van der Waals surface area contributed by atoms with Gasteiger partial charge in [-0.25, -0.2) is 0 Å². The van der Waals surface area contributed by atoms with Gasteiger partial charge in [-0.1, -0.05) is 0 Å². The molecular weight excluding hydrogens is 188 g/mol. The van der Waals surface area contributed by atoms with Gasteiger partial charge in [0.2, 0.25) is 5.79 Å². The summed E-state index contributed by atoms with van der Waals surface area (Å²) in [5.41, 5.74) is 0. The molecular formula is C9H16O5. The number of carbonyl (C=O) groups excluding carboxylic acids is 2. The minimum Gasteiger partial charge on any atom is -0.466 e. The second kappa shape index (κ2) is 5.59. The molecule has 0 radical (unpaired) electrons. The van der Waals surface area contributed by atoms with Crippen LogP contribution in [-0.2, 0) is 19.1 Å². The van der Waals surface area contributed by atoms with Crippen LogP contribution in [0, 0.1) is 0 Å². The fourth-order valence-corrected chi connectivity index (χ4v) is 0.977. The monoisotopic (exact) mass is 204 g/mol. The van der Waals surface area contributed by atoms with Gasteiger partial charge >= 0.3 is 11.9 Å². The fraction of sp³-hybridized carbons (Fsp3) is 0.778. The molecule has 0 heterocycles. The van der Waals surface area contributed by atoms with Gasteiger partial charge in [0.05, 0.1) is 6.61 Å². The predicted molar refractivity (Wildman–Crippen MR) is 48.3 cm³/mol. The minimum atomic E-state index is -1.48. The van der Waals surface area contributed by atoms with E-state index in [1.165, 1.54) is 20.8 Å². The van der Waals surface area contributed by atoms with Crippen LogP contribution in [0.5, 0.6) is 0 Å². The summed E-state index contributed by atoms with van der Waals surface area (Å²) in [4.78, 5) is 20.9. The molecule has 0 aromatic rings. The van der Waals surface area contributed by atoms with E-state index in [2.05, 4.69) is 9.47 Å². The average Bonchev–Trinajstić information content (AvgIpc) is 1.95. The zero-order valence-electron chi connectivity index (χ0n) is 8.70. The number of carbonyl (C=O) groups is 2. The van der Waals surface area contributed by atoms with E-state index in [1.807, 2.05) is 0 Å². The molecule has 0 amide bonds. The Balaban J connectivity index is 3.65. The Morgan fingerprint density at radius 2 is 1.86 bits per heavy atom. The van der Waals surface area contributed by atoms with Crippen molar-refractivity contribution in [1.29, 1.82) is 0 Å². The van der Waals surface area contributed by atoms with Gasteiger partial charge in [-0.15, -0.1) is 0 Å². The largest absolute Gasteiger partial charge is 0.466 e. The Morgan fingerprint density at radius 1 is 1.29 bits per heavy atom. The fourth-order valence-electron chi connectivity index (χ4n) is 0.977. The molecule has 0 rings (SSSR count). The first kappa shape index (κ1) is 12.9. The molecule has 5 nitrogen and oxygen atoms in total. The van der Waals surface area contributed by atoms with Crippen molar-refractivity contribution in [2.24, 2.45) is 0 Å². The van der Waals surface area contributed by atoms with E-state index in [9.17, 15) is 14.7 Å². The Hall–Kier alpha value is -1.10. The Kier molecular flexibility index (Phi) is 5.15. The number of hydrogen-bond acceptors (Lipinski definition) is 5. The third kappa shape index (κ3) is 7.54. The molecule has 0 aromatic heterocycles. The first-order chi connectivity index (χ1) is 6.33. The maximum atomic E-state index is 10.5. The lowest BCUT2D eigenvalue weighted by Crippen LogP contribution is -2.30. The van der Waals surface area contributed by atoms with Gasteiger partial charge < -0.3 is 14.6 Å². The molecule has 0 aliphatic heterocycles. The van der Waals surface area contributed by atoms with Crippen LogP contribution in [0.3, 0.4) is 0 Å². The van der Waals surface area contributed by atoms with Crippen LogP contribution in [0.4, 0.5) is 0 Å². The van der Waals surface area contributed by atoms with Crippen LogP contribution in [0.2, 0.25) is 0 Å². The molecule has 5 heteroatoms. The summed E-state index contributed by atoms with van der Waals surface area (Å²) >= 11 is 0. The minimum absolute atomic E-state index is 0.215. The molecule has 0 saturated heterocycles. The molecule has 0 aliphatic carbocycles. The number of hydrogen-bond donors (Lipinski definition) is 1. The standard InChI is InChI=1S/C9H16O5/c1-7(10)13-6-4-5-9(3,12)14-8(2)11/h12H,4-6H2,1-3H3. The zero-order valence-corrected chi connectivity index (χ0v) is 8.70. The molecule has 1 N–H and O–H groups in total. The highest BCUT2D eigenvalue weighted by Crippen LogP contribution is 2.13. The molecule has 0 saturated carbocycles. The van der Waals surface area contributed by atoms with E-state index in [1.54, 1.807) is 0 Å². The highest BCUT2D eigenvalue weighted by molar-refractivity contribution is 5.66. The summed E-state index contributed by atoms with van der Waals surface area (Å²) < 4.78 is 9.27. The summed E-state index contributed by atoms with van der Waals surface area (Å²) in [5.74, 6) is -2.38. The Labute approximate surface area is 83.0 Å². The summed E-state index contributed by atoms with van der Waals surface area (Å²) in [6.07, 6.45) is 0.680. The van der Waals surface area contributed by atoms with E-state index in [0.29, 0.717) is 6.42 Å². The summed E-state index contributed by atoms with van der Waals surface area (Å²) in [6, 6.07) is 0. The third-order valence-corrected chi connectivity index (χ3v) is 1.45. The lowest BCUT2D eigenvalue weighted by Gasteiger charge is -2.22. The lowest BCUT2D eigenvalue weighted by atomic mass is 10.2. The lowest BCUT2D eigenvalue weighted by molar-refractivity contribution is -0.203. The molecule has 0 aliphatic rings. The van der Waals surface area contributed by atoms with Gasteiger partial charge in [-0.05, 0) is 6.42 Å². The molecule has 82 valence electrons. The molecule has 0 aromatic carbocycles. The van der Waals surface area contributed by atoms with E-state index in [0.717, 1.165) is 0 Å². The molecule has 14 heavy (non-hydrogen) atoms. The summed E-state index contributed by atoms with van der Waals surface area (Å²) in [5, 5.41) is 9.47. The van der Waals surface area contributed by atoms with Gasteiger partial charge in [-0.3, -0.25) is 9.59 Å². The quantitative estimate of drug-likeness (QED) is 0.403. The zero-order chi connectivity index (χ0) is 11.2. The van der Waals surface area contributed by atoms with Crippen molar-refractivity contribution in [2.45, 2.75) is 39.4 Å². The predicted octanol–water partition coefficient (Wildman–Crippen LogP) is 0.601. The second-order valence-corrected chi connectivity index (χ2v) is 3.21. The maximum Gasteiger partial charge on any atom is 0.305 e. The molecule has 0 bridgehead atoms. The van der Waals surface area contributed by atoms with Gasteiger partial charge in [0, 0.05) is 27.2 Å². The van der Waals surface area contributed by atoms with Gasteiger partial charge in [0.25, 0.3) is 0 Å². The van der Waals surface area contributed by atoms with Crippen LogP contribution in [0.25, 0.3) is 0 Å². The van der Waals surface area contributed by atoms with Crippen molar-refractivity contribution >= 4 is 11.9 Å². The molecule has 0 fully saturated rings. The first-order valence-electron chi connectivity index (χ1n) is 4.39. The average molecular weight is 204 g/mol. The Morgan fingerprint density at radius 3 is 2.29 bits per heavy atom. The Bertz CT molecular complexity index is 209. The SMILES string of the molecule is CC(=O)OCCCC(C)(O)OC(C)=O. The number of aliphatic hydroxyl groups is 1. The van der Waals surface area contributed by atoms with Gasteiger partial charge in [0.15, 0.2) is 0 Å². The number of rotatable bonds is 5. The smallest absolute Gasteiger partial charge is 0.305 e. The van der Waals surface area contributed by atoms with Gasteiger partial charge in [0.1, 0.15) is 0 Å². The van der Waals surface area contributed by atoms with E-state index < -0.39 is 11.8 Å². The molecule has 1 atom stereocenters. The van der Waals surface area contributed by atoms with Crippen LogP contribution in [-0.4, -0.2) is 29.4 Å². The van der Waals surface area contributed by atoms with E-state index >= 15 is 0 Å². The number of esters is 2. The highest BCUT2D eigenvalue weighted by atomic mass is 16.7. The van der Waals surface area contributed by atoms with E-state index in [-0.39, 0.29) is 19.0 Å². The van der Waals surface area contributed by atoms with Crippen molar-refractivity contribution in [3.05, 3.63) is 0 Å². The van der Waals surface area contributed by atoms with Crippen LogP contribution < -0.4 is 0 Å². The first-order valence-corrected chi connectivity index (χ1v) is 4.39. The maximum absolute atomic E-state index is 10.5. The number of ether oxygens (including phenoxy) is 2. The van der Waals surface area contributed by atoms with Gasteiger partial charge in [-0.2, -0.15) is 0 Å². The normalized spacial score (nSPS) is 14.3. The molecule has 1 unspecified atom stereocenters. The van der Waals surface area contributed by atoms with Crippen molar-refractivity contribution in [3.8, 4) is 0 Å². The van der Waals surface area contributed by atoms with Crippen LogP contribution in [0.15, 0.2) is 0 Å². The summed E-state index contributed by atoms with van der Waals surface area (Å²) in [6.45, 7) is 4.14. The topological polar surface area (TPSA) is 72.8 Å². The van der Waals surface area contributed by atoms with Crippen LogP contribution in [0.1, 0.15) is 33.6 Å². The van der Waals surface area contributed by atoms with Crippen molar-refractivity contribution in [1.82, 2.24) is 0 Å². The second-order valence-electron chi connectivity index (χ2n) is 3.21. The van der Waals surface area contributed by atoms with Crippen LogP contribution >= 0.6 is 0 Å². The van der Waals surface area contributed by atoms with Crippen molar-refractivity contribution < 1.29 is 24.2 Å². The summed E-state index contributed by atoms with van der Waals surface area (Å²) in [7, 11) is 0.